The molecular weight excluding hydrogens is 368 g/mol. The van der Waals surface area contributed by atoms with Crippen LogP contribution in [0.1, 0.15) is 39.5 Å². The van der Waals surface area contributed by atoms with Crippen LogP contribution in [-0.2, 0) is 38.1 Å². The maximum absolute atomic E-state index is 11.8. The molecule has 1 aliphatic rings. The summed E-state index contributed by atoms with van der Waals surface area (Å²) >= 11 is 0. The van der Waals surface area contributed by atoms with Gasteiger partial charge in [0.15, 0.2) is 0 Å². The highest BCUT2D eigenvalue weighted by molar-refractivity contribution is 6.13. The molecule has 1 rings (SSSR count). The van der Waals surface area contributed by atoms with Gasteiger partial charge in [-0.25, -0.2) is 19.2 Å². The van der Waals surface area contributed by atoms with Crippen molar-refractivity contribution >= 4 is 23.9 Å². The zero-order valence-corrected chi connectivity index (χ0v) is 16.5. The second-order valence-corrected chi connectivity index (χ2v) is 6.48. The van der Waals surface area contributed by atoms with Crippen LogP contribution in [0, 0.1) is 11.8 Å². The van der Waals surface area contributed by atoms with Crippen molar-refractivity contribution in [1.29, 1.82) is 0 Å². The normalized spacial score (nSPS) is 18.5. The Balaban J connectivity index is 2.28. The van der Waals surface area contributed by atoms with Gasteiger partial charge in [0, 0.05) is 0 Å². The lowest BCUT2D eigenvalue weighted by molar-refractivity contribution is -0.150. The first kappa shape index (κ1) is 23.4. The van der Waals surface area contributed by atoms with E-state index in [2.05, 4.69) is 13.2 Å². The average Bonchev–Trinajstić information content (AvgIpc) is 2.70. The van der Waals surface area contributed by atoms with Crippen LogP contribution in [0.2, 0.25) is 0 Å². The van der Waals surface area contributed by atoms with Crippen LogP contribution in [0.3, 0.4) is 0 Å². The number of esters is 4. The minimum atomic E-state index is -0.776. The summed E-state index contributed by atoms with van der Waals surface area (Å²) in [6, 6.07) is 0. The van der Waals surface area contributed by atoms with Crippen molar-refractivity contribution in [2.24, 2.45) is 11.8 Å². The molecule has 1 fully saturated rings. The number of hydrogen-bond donors (Lipinski definition) is 0. The third-order valence-corrected chi connectivity index (χ3v) is 4.40. The molecular formula is C20H28O8. The fraction of sp³-hybridized carbons (Fsp3) is 0.600. The molecule has 0 heterocycles. The molecule has 0 saturated heterocycles. The molecule has 0 aromatic heterocycles. The molecule has 8 nitrogen and oxygen atoms in total. The molecule has 28 heavy (non-hydrogen) atoms. The lowest BCUT2D eigenvalue weighted by Crippen LogP contribution is -2.26. The molecule has 1 aliphatic carbocycles. The topological polar surface area (TPSA) is 105 Å². The minimum Gasteiger partial charge on any atom is -0.462 e. The van der Waals surface area contributed by atoms with Crippen molar-refractivity contribution < 1.29 is 38.1 Å². The van der Waals surface area contributed by atoms with E-state index in [0.29, 0.717) is 0 Å². The fourth-order valence-electron chi connectivity index (χ4n) is 2.73. The number of ether oxygens (including phenoxy) is 4. The van der Waals surface area contributed by atoms with E-state index in [9.17, 15) is 19.2 Å². The fourth-order valence-corrected chi connectivity index (χ4v) is 2.73. The van der Waals surface area contributed by atoms with Crippen LogP contribution in [0.4, 0.5) is 0 Å². The molecule has 8 heteroatoms. The first-order valence-electron chi connectivity index (χ1n) is 9.36. The largest absolute Gasteiger partial charge is 0.462 e. The van der Waals surface area contributed by atoms with E-state index in [4.69, 9.17) is 18.9 Å². The molecule has 0 aliphatic heterocycles. The van der Waals surface area contributed by atoms with E-state index in [0.717, 1.165) is 25.7 Å². The SMILES string of the molecule is C=C(C(=O)OCC)C(=O)OCC1CCC(COC(=O)C(=C)C(=O)OCC)CC1. The third-order valence-electron chi connectivity index (χ3n) is 4.40. The Morgan fingerprint density at radius 1 is 0.643 bits per heavy atom. The molecule has 0 atom stereocenters. The van der Waals surface area contributed by atoms with Crippen LogP contribution in [0.25, 0.3) is 0 Å². The summed E-state index contributed by atoms with van der Waals surface area (Å²) in [5, 5.41) is 0. The highest BCUT2D eigenvalue weighted by Gasteiger charge is 2.26. The van der Waals surface area contributed by atoms with Gasteiger partial charge in [0.2, 0.25) is 0 Å². The highest BCUT2D eigenvalue weighted by Crippen LogP contribution is 2.29. The first-order chi connectivity index (χ1) is 13.3. The van der Waals surface area contributed by atoms with Crippen LogP contribution < -0.4 is 0 Å². The Hall–Kier alpha value is -2.64. The van der Waals surface area contributed by atoms with Crippen molar-refractivity contribution in [3.63, 3.8) is 0 Å². The van der Waals surface area contributed by atoms with Crippen molar-refractivity contribution in [1.82, 2.24) is 0 Å². The monoisotopic (exact) mass is 396 g/mol. The highest BCUT2D eigenvalue weighted by atomic mass is 16.6. The Bertz CT molecular complexity index is 560. The summed E-state index contributed by atoms with van der Waals surface area (Å²) in [6.45, 7) is 10.8. The Morgan fingerprint density at radius 3 is 1.21 bits per heavy atom. The summed E-state index contributed by atoms with van der Waals surface area (Å²) in [5.41, 5.74) is -0.631. The molecule has 0 radical (unpaired) electrons. The number of hydrogen-bond acceptors (Lipinski definition) is 8. The summed E-state index contributed by atoms with van der Waals surface area (Å²) in [4.78, 5) is 46.4. The minimum absolute atomic E-state index is 0.160. The summed E-state index contributed by atoms with van der Waals surface area (Å²) in [5.74, 6) is -2.76. The van der Waals surface area contributed by atoms with Crippen molar-refractivity contribution in [3.8, 4) is 0 Å². The summed E-state index contributed by atoms with van der Waals surface area (Å²) in [6.07, 6.45) is 3.17. The van der Waals surface area contributed by atoms with Gasteiger partial charge in [0.25, 0.3) is 0 Å². The Morgan fingerprint density at radius 2 is 0.929 bits per heavy atom. The van der Waals surface area contributed by atoms with Gasteiger partial charge in [-0.2, -0.15) is 0 Å². The zero-order valence-electron chi connectivity index (χ0n) is 16.5. The number of carbonyl (C=O) groups excluding carboxylic acids is 4. The van der Waals surface area contributed by atoms with Crippen LogP contribution in [0.5, 0.6) is 0 Å². The maximum atomic E-state index is 11.8. The molecule has 0 aromatic carbocycles. The number of carbonyl (C=O) groups is 4. The zero-order chi connectivity index (χ0) is 21.1. The third kappa shape index (κ3) is 7.54. The van der Waals surface area contributed by atoms with Gasteiger partial charge < -0.3 is 18.9 Å². The van der Waals surface area contributed by atoms with E-state index >= 15 is 0 Å². The molecule has 0 amide bonds. The van der Waals surface area contributed by atoms with E-state index in [1.54, 1.807) is 13.8 Å². The van der Waals surface area contributed by atoms with Crippen molar-refractivity contribution in [3.05, 3.63) is 24.3 Å². The molecule has 0 unspecified atom stereocenters. The summed E-state index contributed by atoms with van der Waals surface area (Å²) < 4.78 is 19.7. The maximum Gasteiger partial charge on any atom is 0.344 e. The van der Waals surface area contributed by atoms with Gasteiger partial charge in [-0.05, 0) is 51.4 Å². The molecule has 0 aromatic rings. The molecule has 0 spiro atoms. The Kier molecular flexibility index (Phi) is 9.98. The lowest BCUT2D eigenvalue weighted by atomic mass is 9.83. The van der Waals surface area contributed by atoms with Crippen LogP contribution in [-0.4, -0.2) is 50.3 Å². The standard InChI is InChI=1S/C20H28O8/c1-5-25-17(21)13(3)19(23)27-11-15-7-9-16(10-8-15)12-28-20(24)14(4)18(22)26-6-2/h15-16H,3-12H2,1-2H3. The lowest BCUT2D eigenvalue weighted by Gasteiger charge is -2.27. The number of rotatable bonds is 10. The average molecular weight is 396 g/mol. The van der Waals surface area contributed by atoms with Gasteiger partial charge in [-0.15, -0.1) is 0 Å². The van der Waals surface area contributed by atoms with Gasteiger partial charge in [-0.3, -0.25) is 0 Å². The Labute approximate surface area is 164 Å². The molecule has 156 valence electrons. The van der Waals surface area contributed by atoms with Crippen molar-refractivity contribution in [2.45, 2.75) is 39.5 Å². The predicted molar refractivity (Wildman–Crippen MR) is 98.9 cm³/mol. The van der Waals surface area contributed by atoms with Crippen LogP contribution in [0.15, 0.2) is 24.3 Å². The molecule has 1 saturated carbocycles. The van der Waals surface area contributed by atoms with Gasteiger partial charge in [0.05, 0.1) is 26.4 Å². The van der Waals surface area contributed by atoms with Gasteiger partial charge in [0.1, 0.15) is 11.1 Å². The quantitative estimate of drug-likeness (QED) is 0.182. The van der Waals surface area contributed by atoms with Gasteiger partial charge >= 0.3 is 23.9 Å². The van der Waals surface area contributed by atoms with E-state index in [1.165, 1.54) is 0 Å². The predicted octanol–water partition coefficient (Wildman–Crippen LogP) is 2.12. The van der Waals surface area contributed by atoms with Gasteiger partial charge in [-0.1, -0.05) is 13.2 Å². The van der Waals surface area contributed by atoms with E-state index in [1.807, 2.05) is 0 Å². The summed E-state index contributed by atoms with van der Waals surface area (Å²) in [7, 11) is 0. The first-order valence-corrected chi connectivity index (χ1v) is 9.36. The van der Waals surface area contributed by atoms with E-state index < -0.39 is 23.9 Å². The van der Waals surface area contributed by atoms with Crippen LogP contribution >= 0.6 is 0 Å². The smallest absolute Gasteiger partial charge is 0.344 e. The second-order valence-electron chi connectivity index (χ2n) is 6.48. The molecule has 0 bridgehead atoms. The van der Waals surface area contributed by atoms with E-state index in [-0.39, 0.29) is 49.4 Å². The molecule has 0 N–H and O–H groups in total. The van der Waals surface area contributed by atoms with Crippen molar-refractivity contribution in [2.75, 3.05) is 26.4 Å². The second kappa shape index (κ2) is 11.9.